The molecule has 1 aromatic carbocycles. The van der Waals surface area contributed by atoms with Gasteiger partial charge in [0.1, 0.15) is 0 Å². The second-order valence-electron chi connectivity index (χ2n) is 6.64. The molecule has 1 spiro atoms. The highest BCUT2D eigenvalue weighted by Crippen LogP contribution is 2.44. The zero-order valence-electron chi connectivity index (χ0n) is 12.7. The van der Waals surface area contributed by atoms with E-state index < -0.39 is 0 Å². The van der Waals surface area contributed by atoms with Crippen LogP contribution < -0.4 is 4.90 Å². The summed E-state index contributed by atoms with van der Waals surface area (Å²) < 4.78 is 5.14. The van der Waals surface area contributed by atoms with Crippen LogP contribution >= 0.6 is 0 Å². The summed E-state index contributed by atoms with van der Waals surface area (Å²) in [5, 5.41) is 0. The lowest BCUT2D eigenvalue weighted by Gasteiger charge is -2.33. The van der Waals surface area contributed by atoms with Crippen molar-refractivity contribution in [3.63, 3.8) is 0 Å². The molecule has 2 nitrogen and oxygen atoms in total. The Kier molecular flexibility index (Phi) is 4.30. The zero-order chi connectivity index (χ0) is 13.8. The molecule has 2 fully saturated rings. The van der Waals surface area contributed by atoms with E-state index >= 15 is 0 Å². The van der Waals surface area contributed by atoms with Crippen molar-refractivity contribution in [2.75, 3.05) is 31.7 Å². The van der Waals surface area contributed by atoms with Crippen molar-refractivity contribution in [1.29, 1.82) is 0 Å². The van der Waals surface area contributed by atoms with Crippen LogP contribution in [0.4, 0.5) is 5.69 Å². The van der Waals surface area contributed by atoms with Crippen molar-refractivity contribution in [2.45, 2.75) is 44.9 Å². The van der Waals surface area contributed by atoms with Crippen molar-refractivity contribution in [1.82, 2.24) is 0 Å². The normalized spacial score (nSPS) is 21.6. The molecule has 2 aliphatic rings. The Morgan fingerprint density at radius 2 is 1.80 bits per heavy atom. The van der Waals surface area contributed by atoms with Gasteiger partial charge in [-0.05, 0) is 48.8 Å². The molecule has 0 atom stereocenters. The molecule has 2 heteroatoms. The van der Waals surface area contributed by atoms with Crippen molar-refractivity contribution >= 4 is 5.69 Å². The Labute approximate surface area is 123 Å². The standard InChI is InChI=1S/C18H27NO/c1-20-14-9-16-5-7-17(8-6-16)19-13-12-18(15-19)10-3-2-4-11-18/h5-8H,2-4,9-15H2,1H3. The third-order valence-electron chi connectivity index (χ3n) is 5.25. The predicted molar refractivity (Wildman–Crippen MR) is 84.4 cm³/mol. The van der Waals surface area contributed by atoms with E-state index in [4.69, 9.17) is 4.74 Å². The molecule has 0 radical (unpaired) electrons. The first kappa shape index (κ1) is 13.9. The van der Waals surface area contributed by atoms with Gasteiger partial charge in [0.25, 0.3) is 0 Å². The molecule has 3 rings (SSSR count). The minimum atomic E-state index is 0.646. The van der Waals surface area contributed by atoms with E-state index in [1.807, 2.05) is 0 Å². The van der Waals surface area contributed by atoms with Gasteiger partial charge in [-0.3, -0.25) is 0 Å². The summed E-state index contributed by atoms with van der Waals surface area (Å²) in [6.07, 6.45) is 9.67. The van der Waals surface area contributed by atoms with Gasteiger partial charge < -0.3 is 9.64 Å². The van der Waals surface area contributed by atoms with Gasteiger partial charge in [0.05, 0.1) is 6.61 Å². The van der Waals surface area contributed by atoms with Gasteiger partial charge in [0.2, 0.25) is 0 Å². The lowest BCUT2D eigenvalue weighted by molar-refractivity contribution is 0.202. The van der Waals surface area contributed by atoms with Gasteiger partial charge in [-0.15, -0.1) is 0 Å². The van der Waals surface area contributed by atoms with Crippen LogP contribution in [-0.2, 0) is 11.2 Å². The summed E-state index contributed by atoms with van der Waals surface area (Å²) in [6.45, 7) is 3.34. The monoisotopic (exact) mass is 273 g/mol. The van der Waals surface area contributed by atoms with Gasteiger partial charge in [-0.2, -0.15) is 0 Å². The second kappa shape index (κ2) is 6.17. The Bertz CT molecular complexity index is 420. The molecule has 0 aromatic heterocycles. The summed E-state index contributed by atoms with van der Waals surface area (Å²) in [6, 6.07) is 9.13. The quantitative estimate of drug-likeness (QED) is 0.821. The maximum absolute atomic E-state index is 5.14. The third-order valence-corrected chi connectivity index (χ3v) is 5.25. The first-order valence-electron chi connectivity index (χ1n) is 8.14. The molecule has 1 aromatic rings. The summed E-state index contributed by atoms with van der Waals surface area (Å²) in [4.78, 5) is 2.60. The third kappa shape index (κ3) is 3.01. The van der Waals surface area contributed by atoms with Gasteiger partial charge in [0.15, 0.2) is 0 Å². The van der Waals surface area contributed by atoms with Crippen molar-refractivity contribution in [3.8, 4) is 0 Å². The molecule has 0 unspecified atom stereocenters. The van der Waals surface area contributed by atoms with Crippen LogP contribution in [-0.4, -0.2) is 26.8 Å². The number of anilines is 1. The summed E-state index contributed by atoms with van der Waals surface area (Å²) in [5.41, 5.74) is 3.43. The van der Waals surface area contributed by atoms with Crippen LogP contribution in [0.25, 0.3) is 0 Å². The molecule has 0 bridgehead atoms. The van der Waals surface area contributed by atoms with E-state index in [0.717, 1.165) is 13.0 Å². The Morgan fingerprint density at radius 1 is 1.05 bits per heavy atom. The molecule has 1 aliphatic carbocycles. The average Bonchev–Trinajstić information content (AvgIpc) is 2.90. The van der Waals surface area contributed by atoms with Crippen molar-refractivity contribution < 1.29 is 4.74 Å². The summed E-state index contributed by atoms with van der Waals surface area (Å²) >= 11 is 0. The minimum Gasteiger partial charge on any atom is -0.384 e. The predicted octanol–water partition coefficient (Wildman–Crippen LogP) is 4.04. The molecule has 110 valence electrons. The highest BCUT2D eigenvalue weighted by Gasteiger charge is 2.38. The minimum absolute atomic E-state index is 0.646. The summed E-state index contributed by atoms with van der Waals surface area (Å²) in [7, 11) is 1.77. The molecule has 20 heavy (non-hydrogen) atoms. The number of hydrogen-bond acceptors (Lipinski definition) is 2. The van der Waals surface area contributed by atoms with Crippen LogP contribution in [0.15, 0.2) is 24.3 Å². The number of benzene rings is 1. The topological polar surface area (TPSA) is 12.5 Å². The van der Waals surface area contributed by atoms with Crippen molar-refractivity contribution in [3.05, 3.63) is 29.8 Å². The molecule has 1 heterocycles. The van der Waals surface area contributed by atoms with E-state index in [1.165, 1.54) is 62.9 Å². The van der Waals surface area contributed by atoms with Crippen LogP contribution in [0.5, 0.6) is 0 Å². The number of rotatable bonds is 4. The largest absolute Gasteiger partial charge is 0.384 e. The maximum atomic E-state index is 5.14. The Hall–Kier alpha value is -1.02. The van der Waals surface area contributed by atoms with Crippen LogP contribution in [0, 0.1) is 5.41 Å². The average molecular weight is 273 g/mol. The van der Waals surface area contributed by atoms with Crippen molar-refractivity contribution in [2.24, 2.45) is 5.41 Å². The first-order chi connectivity index (χ1) is 9.81. The highest BCUT2D eigenvalue weighted by molar-refractivity contribution is 5.49. The fraction of sp³-hybridized carbons (Fsp3) is 0.667. The number of ether oxygens (including phenoxy) is 1. The molecule has 1 saturated heterocycles. The fourth-order valence-corrected chi connectivity index (χ4v) is 3.96. The molecule has 1 aliphatic heterocycles. The zero-order valence-corrected chi connectivity index (χ0v) is 12.7. The number of hydrogen-bond donors (Lipinski definition) is 0. The smallest absolute Gasteiger partial charge is 0.0502 e. The lowest BCUT2D eigenvalue weighted by Crippen LogP contribution is -2.29. The molecule has 1 saturated carbocycles. The SMILES string of the molecule is COCCc1ccc(N2CCC3(CCCCC3)C2)cc1. The van der Waals surface area contributed by atoms with Gasteiger partial charge in [-0.25, -0.2) is 0 Å². The first-order valence-corrected chi connectivity index (χ1v) is 8.14. The molecular formula is C18H27NO. The molecule has 0 amide bonds. The van der Waals surface area contributed by atoms with Crippen LogP contribution in [0.3, 0.4) is 0 Å². The van der Waals surface area contributed by atoms with Gasteiger partial charge in [-0.1, -0.05) is 31.4 Å². The Morgan fingerprint density at radius 3 is 2.50 bits per heavy atom. The number of methoxy groups -OCH3 is 1. The van der Waals surface area contributed by atoms with E-state index in [2.05, 4.69) is 29.2 Å². The lowest BCUT2D eigenvalue weighted by atomic mass is 9.73. The fourth-order valence-electron chi connectivity index (χ4n) is 3.96. The van der Waals surface area contributed by atoms with Gasteiger partial charge in [0, 0.05) is 25.9 Å². The van der Waals surface area contributed by atoms with Crippen LogP contribution in [0.2, 0.25) is 0 Å². The molecular weight excluding hydrogens is 246 g/mol. The highest BCUT2D eigenvalue weighted by atomic mass is 16.5. The Balaban J connectivity index is 1.62. The number of nitrogens with zero attached hydrogens (tertiary/aromatic N) is 1. The van der Waals surface area contributed by atoms with E-state index in [-0.39, 0.29) is 0 Å². The van der Waals surface area contributed by atoms with E-state index in [0.29, 0.717) is 5.41 Å². The second-order valence-corrected chi connectivity index (χ2v) is 6.64. The van der Waals surface area contributed by atoms with E-state index in [9.17, 15) is 0 Å². The molecule has 0 N–H and O–H groups in total. The van der Waals surface area contributed by atoms with Gasteiger partial charge >= 0.3 is 0 Å². The van der Waals surface area contributed by atoms with E-state index in [1.54, 1.807) is 7.11 Å². The van der Waals surface area contributed by atoms with Crippen LogP contribution in [0.1, 0.15) is 44.1 Å². The summed E-state index contributed by atoms with van der Waals surface area (Å²) in [5.74, 6) is 0. The maximum Gasteiger partial charge on any atom is 0.0502 e.